The molecule has 11 heteroatoms. The Labute approximate surface area is 181 Å². The minimum absolute atomic E-state index is 0. The van der Waals surface area contributed by atoms with E-state index in [-0.39, 0.29) is 36.6 Å². The quantitative estimate of drug-likeness (QED) is 0.314. The van der Waals surface area contributed by atoms with Crippen LogP contribution in [0.2, 0.25) is 0 Å². The molecule has 2 aliphatic rings. The number of amides is 1. The van der Waals surface area contributed by atoms with Crippen LogP contribution in [-0.4, -0.2) is 93.9 Å². The lowest BCUT2D eigenvalue weighted by Crippen LogP contribution is -2.51. The largest absolute Gasteiger partial charge is 0.406 e. The van der Waals surface area contributed by atoms with Crippen LogP contribution in [0, 0.1) is 5.92 Å². The van der Waals surface area contributed by atoms with Crippen molar-refractivity contribution in [2.45, 2.75) is 31.5 Å². The number of ether oxygens (including phenoxy) is 1. The average molecular weight is 521 g/mol. The molecule has 2 N–H and O–H groups in total. The first-order valence-electron chi connectivity index (χ1n) is 9.35. The second-order valence-corrected chi connectivity index (χ2v) is 7.24. The van der Waals surface area contributed by atoms with Crippen molar-refractivity contribution in [1.29, 1.82) is 0 Å². The number of nitrogens with one attached hydrogen (secondary N) is 2. The summed E-state index contributed by atoms with van der Waals surface area (Å²) < 4.78 is 42.4. The number of aliphatic imine (C=N–C) groups is 1. The molecule has 0 spiro atoms. The monoisotopic (exact) mass is 521 g/mol. The highest BCUT2D eigenvalue weighted by Crippen LogP contribution is 2.18. The van der Waals surface area contributed by atoms with Crippen molar-refractivity contribution in [3.63, 3.8) is 0 Å². The predicted octanol–water partition coefficient (Wildman–Crippen LogP) is 1.29. The third-order valence-electron chi connectivity index (χ3n) is 4.94. The Bertz CT molecular complexity index is 508. The molecule has 1 unspecified atom stereocenters. The van der Waals surface area contributed by atoms with Crippen LogP contribution in [0.15, 0.2) is 4.99 Å². The van der Waals surface area contributed by atoms with Gasteiger partial charge in [0.15, 0.2) is 5.96 Å². The van der Waals surface area contributed by atoms with Gasteiger partial charge in [0.25, 0.3) is 0 Å². The second kappa shape index (κ2) is 12.0. The van der Waals surface area contributed by atoms with E-state index in [0.29, 0.717) is 16.8 Å². The topological polar surface area (TPSA) is 69.2 Å². The summed E-state index contributed by atoms with van der Waals surface area (Å²) >= 11 is 0. The molecule has 2 saturated heterocycles. The van der Waals surface area contributed by atoms with Crippen LogP contribution in [0.3, 0.4) is 0 Å². The summed E-state index contributed by atoms with van der Waals surface area (Å²) in [5, 5.41) is 6.06. The van der Waals surface area contributed by atoms with Gasteiger partial charge in [0, 0.05) is 46.4 Å². The molecular formula is C17H31F3IN5O2. The summed E-state index contributed by atoms with van der Waals surface area (Å²) in [5.74, 6) is 0.430. The predicted molar refractivity (Wildman–Crippen MR) is 112 cm³/mol. The molecular weight excluding hydrogens is 490 g/mol. The lowest BCUT2D eigenvalue weighted by Gasteiger charge is -2.34. The van der Waals surface area contributed by atoms with Gasteiger partial charge in [-0.15, -0.1) is 24.0 Å². The van der Waals surface area contributed by atoms with Gasteiger partial charge in [-0.3, -0.25) is 9.79 Å². The third kappa shape index (κ3) is 9.12. The van der Waals surface area contributed by atoms with Gasteiger partial charge < -0.3 is 25.2 Å². The molecule has 1 amide bonds. The Morgan fingerprint density at radius 2 is 1.96 bits per heavy atom. The fourth-order valence-corrected chi connectivity index (χ4v) is 3.39. The molecule has 28 heavy (non-hydrogen) atoms. The first kappa shape index (κ1) is 25.2. The number of piperidine rings is 1. The van der Waals surface area contributed by atoms with E-state index >= 15 is 0 Å². The maximum Gasteiger partial charge on any atom is 0.406 e. The molecule has 0 aromatic carbocycles. The van der Waals surface area contributed by atoms with Gasteiger partial charge in [0.05, 0.1) is 13.2 Å². The number of halogens is 4. The van der Waals surface area contributed by atoms with Crippen molar-refractivity contribution in [2.75, 3.05) is 60.0 Å². The maximum absolute atomic E-state index is 12.3. The van der Waals surface area contributed by atoms with Crippen LogP contribution in [0.1, 0.15) is 19.3 Å². The fraction of sp³-hybridized carbons (Fsp3) is 0.882. The van der Waals surface area contributed by atoms with Gasteiger partial charge >= 0.3 is 6.18 Å². The number of rotatable bonds is 6. The molecule has 2 aliphatic heterocycles. The molecule has 2 rings (SSSR count). The van der Waals surface area contributed by atoms with E-state index in [1.54, 1.807) is 7.05 Å². The van der Waals surface area contributed by atoms with Gasteiger partial charge in [-0.25, -0.2) is 0 Å². The van der Waals surface area contributed by atoms with Crippen molar-refractivity contribution < 1.29 is 22.7 Å². The minimum Gasteiger partial charge on any atom is -0.381 e. The molecule has 0 radical (unpaired) electrons. The molecule has 0 aliphatic carbocycles. The van der Waals surface area contributed by atoms with Crippen LogP contribution in [0.25, 0.3) is 0 Å². The average Bonchev–Trinajstić information content (AvgIpc) is 3.11. The van der Waals surface area contributed by atoms with E-state index in [0.717, 1.165) is 59.2 Å². The number of likely N-dealkylation sites (tertiary alicyclic amines) is 1. The van der Waals surface area contributed by atoms with Gasteiger partial charge in [-0.1, -0.05) is 0 Å². The van der Waals surface area contributed by atoms with E-state index in [2.05, 4.69) is 20.5 Å². The number of hydrogen-bond donors (Lipinski definition) is 2. The molecule has 0 aromatic heterocycles. The number of carbonyl (C=O) groups excluding carboxylic acids is 1. The zero-order valence-electron chi connectivity index (χ0n) is 16.4. The molecule has 0 saturated carbocycles. The van der Waals surface area contributed by atoms with E-state index in [4.69, 9.17) is 4.74 Å². The van der Waals surface area contributed by atoms with Crippen LogP contribution in [0.5, 0.6) is 0 Å². The number of likely N-dealkylation sites (N-methyl/N-ethyl adjacent to an activating group) is 1. The summed E-state index contributed by atoms with van der Waals surface area (Å²) in [4.78, 5) is 19.0. The highest BCUT2D eigenvalue weighted by molar-refractivity contribution is 14.0. The normalized spacial score (nSPS) is 21.9. The molecule has 2 heterocycles. The number of alkyl halides is 3. The van der Waals surface area contributed by atoms with Crippen molar-refractivity contribution in [3.8, 4) is 0 Å². The van der Waals surface area contributed by atoms with Gasteiger partial charge in [-0.2, -0.15) is 13.2 Å². The lowest BCUT2D eigenvalue weighted by molar-refractivity contribution is -0.157. The highest BCUT2D eigenvalue weighted by Gasteiger charge is 2.31. The Hall–Kier alpha value is -0.820. The zero-order chi connectivity index (χ0) is 19.9. The van der Waals surface area contributed by atoms with Gasteiger partial charge in [0.1, 0.15) is 6.54 Å². The van der Waals surface area contributed by atoms with Crippen molar-refractivity contribution in [2.24, 2.45) is 10.9 Å². The summed E-state index contributed by atoms with van der Waals surface area (Å²) in [6.07, 6.45) is -1.36. The first-order chi connectivity index (χ1) is 12.8. The molecule has 7 nitrogen and oxygen atoms in total. The zero-order valence-corrected chi connectivity index (χ0v) is 18.8. The first-order valence-corrected chi connectivity index (χ1v) is 9.35. The second-order valence-electron chi connectivity index (χ2n) is 7.24. The van der Waals surface area contributed by atoms with Gasteiger partial charge in [0.2, 0.25) is 5.91 Å². The molecule has 0 aromatic rings. The standard InChI is InChI=1S/C17H30F3N5O2.HI/c1-21-16(22-9-15(26)24(2)12-17(18,19)20)23-14-3-6-25(7-4-14)10-13-5-8-27-11-13;/h13-14H,3-12H2,1-2H3,(H2,21,22,23);1H. The highest BCUT2D eigenvalue weighted by atomic mass is 127. The van der Waals surface area contributed by atoms with Crippen LogP contribution in [-0.2, 0) is 9.53 Å². The van der Waals surface area contributed by atoms with E-state index in [1.165, 1.54) is 0 Å². The van der Waals surface area contributed by atoms with Crippen LogP contribution >= 0.6 is 24.0 Å². The number of guanidine groups is 1. The number of carbonyl (C=O) groups is 1. The maximum atomic E-state index is 12.3. The van der Waals surface area contributed by atoms with Crippen LogP contribution < -0.4 is 10.6 Å². The molecule has 1 atom stereocenters. The summed E-state index contributed by atoms with van der Waals surface area (Å²) in [6, 6.07) is 0.232. The van der Waals surface area contributed by atoms with Crippen molar-refractivity contribution in [3.05, 3.63) is 0 Å². The molecule has 2 fully saturated rings. The Morgan fingerprint density at radius 3 is 2.50 bits per heavy atom. The third-order valence-corrected chi connectivity index (χ3v) is 4.94. The van der Waals surface area contributed by atoms with Crippen molar-refractivity contribution >= 4 is 35.8 Å². The van der Waals surface area contributed by atoms with Gasteiger partial charge in [-0.05, 0) is 25.2 Å². The Kier molecular flexibility index (Phi) is 10.8. The molecule has 164 valence electrons. The lowest BCUT2D eigenvalue weighted by atomic mass is 10.0. The Morgan fingerprint density at radius 1 is 1.29 bits per heavy atom. The van der Waals surface area contributed by atoms with Crippen molar-refractivity contribution in [1.82, 2.24) is 20.4 Å². The van der Waals surface area contributed by atoms with E-state index in [9.17, 15) is 18.0 Å². The number of hydrogen-bond acceptors (Lipinski definition) is 4. The SMILES string of the molecule is CN=C(NCC(=O)N(C)CC(F)(F)F)NC1CCN(CC2CCOC2)CC1.I. The summed E-state index contributed by atoms with van der Waals surface area (Å²) in [5.41, 5.74) is 0. The molecule has 0 bridgehead atoms. The fourth-order valence-electron chi connectivity index (χ4n) is 3.39. The number of nitrogens with zero attached hydrogens (tertiary/aromatic N) is 3. The van der Waals surface area contributed by atoms with Crippen LogP contribution in [0.4, 0.5) is 13.2 Å². The smallest absolute Gasteiger partial charge is 0.381 e. The minimum atomic E-state index is -4.40. The Balaban J connectivity index is 0.00000392. The summed E-state index contributed by atoms with van der Waals surface area (Å²) in [6.45, 7) is 3.26. The summed E-state index contributed by atoms with van der Waals surface area (Å²) in [7, 11) is 2.72. The van der Waals surface area contributed by atoms with E-state index < -0.39 is 18.6 Å². The van der Waals surface area contributed by atoms with E-state index in [1.807, 2.05) is 0 Å².